The van der Waals surface area contributed by atoms with Gasteiger partial charge in [0.15, 0.2) is 11.3 Å². The zero-order valence-corrected chi connectivity index (χ0v) is 21.6. The van der Waals surface area contributed by atoms with Crippen molar-refractivity contribution in [2.45, 2.75) is 12.8 Å². The molecule has 194 valence electrons. The molecule has 0 unspecified atom stereocenters. The minimum absolute atomic E-state index is 0.0168. The molecule has 7 rings (SSSR count). The fraction of sp³-hybridized carbons (Fsp3) is 0.133. The predicted molar refractivity (Wildman–Crippen MR) is 152 cm³/mol. The molecule has 6 aromatic rings. The summed E-state index contributed by atoms with van der Waals surface area (Å²) in [7, 11) is 0. The maximum absolute atomic E-state index is 13.7. The van der Waals surface area contributed by atoms with Crippen molar-refractivity contribution >= 4 is 67.6 Å². The SMILES string of the molecule is Cc1coc2c(O)cc3c(c12)[C@@H](CCl)CN3C(=O)c1cc2cc(NC(=O)c3cc4ccccc4[nH]3)ccc2[nH]1. The summed E-state index contributed by atoms with van der Waals surface area (Å²) in [5.41, 5.74) is 5.96. The third kappa shape index (κ3) is 3.67. The van der Waals surface area contributed by atoms with E-state index in [-0.39, 0.29) is 23.5 Å². The van der Waals surface area contributed by atoms with Crippen LogP contribution in [0.5, 0.6) is 5.75 Å². The lowest BCUT2D eigenvalue weighted by Crippen LogP contribution is -2.30. The van der Waals surface area contributed by atoms with Gasteiger partial charge in [0.25, 0.3) is 11.8 Å². The van der Waals surface area contributed by atoms with Crippen molar-refractivity contribution in [1.29, 1.82) is 0 Å². The number of hydrogen-bond acceptors (Lipinski definition) is 4. The van der Waals surface area contributed by atoms with Crippen LogP contribution in [0.3, 0.4) is 0 Å². The monoisotopic (exact) mass is 538 g/mol. The first kappa shape index (κ1) is 23.4. The van der Waals surface area contributed by atoms with Crippen LogP contribution in [0.2, 0.25) is 0 Å². The molecule has 2 amide bonds. The molecule has 1 atom stereocenters. The maximum atomic E-state index is 13.7. The number of rotatable bonds is 4. The number of carbonyl (C=O) groups excluding carboxylic acids is 2. The van der Waals surface area contributed by atoms with Gasteiger partial charge >= 0.3 is 0 Å². The average Bonchev–Trinajstić information content (AvgIpc) is 3.71. The average molecular weight is 539 g/mol. The first-order chi connectivity index (χ1) is 18.9. The van der Waals surface area contributed by atoms with Crippen molar-refractivity contribution in [3.63, 3.8) is 0 Å². The molecule has 0 radical (unpaired) electrons. The van der Waals surface area contributed by atoms with E-state index >= 15 is 0 Å². The molecule has 0 aliphatic carbocycles. The Balaban J connectivity index is 1.19. The van der Waals surface area contributed by atoms with Crippen LogP contribution < -0.4 is 10.2 Å². The Morgan fingerprint density at radius 2 is 1.82 bits per heavy atom. The van der Waals surface area contributed by atoms with Crippen LogP contribution in [0.15, 0.2) is 71.3 Å². The highest BCUT2D eigenvalue weighted by Gasteiger charge is 2.36. The number of aryl methyl sites for hydroxylation is 1. The van der Waals surface area contributed by atoms with Gasteiger partial charge in [-0.2, -0.15) is 0 Å². The fourth-order valence-corrected chi connectivity index (χ4v) is 5.85. The van der Waals surface area contributed by atoms with Crippen LogP contribution >= 0.6 is 11.6 Å². The van der Waals surface area contributed by atoms with E-state index in [1.54, 1.807) is 29.4 Å². The number of nitrogens with zero attached hydrogens (tertiary/aromatic N) is 1. The molecule has 1 aliphatic rings. The van der Waals surface area contributed by atoms with E-state index in [1.807, 2.05) is 49.4 Å². The van der Waals surface area contributed by atoms with E-state index in [9.17, 15) is 14.7 Å². The van der Waals surface area contributed by atoms with Gasteiger partial charge in [0.1, 0.15) is 11.4 Å². The molecule has 0 fully saturated rings. The third-order valence-electron chi connectivity index (χ3n) is 7.44. The zero-order valence-electron chi connectivity index (χ0n) is 20.8. The Morgan fingerprint density at radius 1 is 1.05 bits per heavy atom. The molecule has 0 bridgehead atoms. The number of amides is 2. The molecule has 39 heavy (non-hydrogen) atoms. The normalized spacial score (nSPS) is 14.9. The van der Waals surface area contributed by atoms with Crippen LogP contribution in [0.4, 0.5) is 11.4 Å². The highest BCUT2D eigenvalue weighted by atomic mass is 35.5. The second kappa shape index (κ2) is 8.68. The van der Waals surface area contributed by atoms with Crippen LogP contribution in [-0.2, 0) is 0 Å². The van der Waals surface area contributed by atoms with Crippen LogP contribution in [0.25, 0.3) is 32.8 Å². The van der Waals surface area contributed by atoms with E-state index in [2.05, 4.69) is 15.3 Å². The summed E-state index contributed by atoms with van der Waals surface area (Å²) in [6.07, 6.45) is 1.60. The van der Waals surface area contributed by atoms with Crippen molar-refractivity contribution < 1.29 is 19.1 Å². The minimum Gasteiger partial charge on any atom is -0.504 e. The van der Waals surface area contributed by atoms with Gasteiger partial charge in [-0.3, -0.25) is 9.59 Å². The van der Waals surface area contributed by atoms with E-state index in [0.29, 0.717) is 40.8 Å². The number of phenolic OH excluding ortho intramolecular Hbond substituents is 1. The van der Waals surface area contributed by atoms with Gasteiger partial charge in [-0.25, -0.2) is 0 Å². The molecule has 0 saturated heterocycles. The number of aromatic hydroxyl groups is 1. The largest absolute Gasteiger partial charge is 0.504 e. The molecule has 4 N–H and O–H groups in total. The van der Waals surface area contributed by atoms with E-state index in [1.165, 1.54) is 0 Å². The maximum Gasteiger partial charge on any atom is 0.274 e. The van der Waals surface area contributed by atoms with Crippen molar-refractivity contribution in [2.24, 2.45) is 0 Å². The van der Waals surface area contributed by atoms with E-state index in [0.717, 1.165) is 38.3 Å². The summed E-state index contributed by atoms with van der Waals surface area (Å²) in [6, 6.07) is 18.3. The summed E-state index contributed by atoms with van der Waals surface area (Å²) < 4.78 is 5.57. The first-order valence-electron chi connectivity index (χ1n) is 12.5. The number of aromatic nitrogens is 2. The third-order valence-corrected chi connectivity index (χ3v) is 7.82. The summed E-state index contributed by atoms with van der Waals surface area (Å²) >= 11 is 6.33. The summed E-state index contributed by atoms with van der Waals surface area (Å²) in [5, 5.41) is 16.1. The number of hydrogen-bond donors (Lipinski definition) is 4. The number of halogens is 1. The standard InChI is InChI=1S/C30H23ClN4O4/c1-15-14-39-28-25(36)11-24-27(26(15)28)18(12-31)13-35(24)30(38)23-10-17-8-19(6-7-21(17)34-23)32-29(37)22-9-16-4-2-3-5-20(16)33-22/h2-11,14,18,33-34,36H,12-13H2,1H3,(H,32,37)/t18-/m0/s1. The summed E-state index contributed by atoms with van der Waals surface area (Å²) in [6.45, 7) is 2.30. The van der Waals surface area contributed by atoms with Crippen LogP contribution in [-0.4, -0.2) is 39.3 Å². The van der Waals surface area contributed by atoms with Gasteiger partial charge in [0.05, 0.1) is 12.0 Å². The zero-order chi connectivity index (χ0) is 26.8. The molecule has 9 heteroatoms. The molecule has 3 aromatic heterocycles. The molecule has 4 heterocycles. The molecule has 8 nitrogen and oxygen atoms in total. The lowest BCUT2D eigenvalue weighted by Gasteiger charge is -2.17. The molecular formula is C30H23ClN4O4. The lowest BCUT2D eigenvalue weighted by molar-refractivity contribution is 0.0982. The number of H-pyrrole nitrogens is 2. The van der Waals surface area contributed by atoms with E-state index < -0.39 is 0 Å². The number of phenols is 1. The molecule has 1 aliphatic heterocycles. The number of carbonyl (C=O) groups is 2. The first-order valence-corrected chi connectivity index (χ1v) is 13.1. The number of aromatic amines is 2. The van der Waals surface area contributed by atoms with Gasteiger partial charge in [-0.15, -0.1) is 11.6 Å². The van der Waals surface area contributed by atoms with Gasteiger partial charge in [0.2, 0.25) is 0 Å². The number of para-hydroxylation sites is 1. The van der Waals surface area contributed by atoms with Crippen molar-refractivity contribution in [3.05, 3.63) is 89.4 Å². The highest BCUT2D eigenvalue weighted by molar-refractivity contribution is 6.19. The van der Waals surface area contributed by atoms with Gasteiger partial charge in [-0.05, 0) is 54.4 Å². The molecule has 3 aromatic carbocycles. The Labute approximate surface area is 227 Å². The second-order valence-electron chi connectivity index (χ2n) is 9.93. The van der Waals surface area contributed by atoms with Gasteiger partial charge < -0.3 is 29.7 Å². The molecule has 0 spiro atoms. The fourth-order valence-electron chi connectivity index (χ4n) is 5.60. The highest BCUT2D eigenvalue weighted by Crippen LogP contribution is 2.47. The number of alkyl halides is 1. The van der Waals surface area contributed by atoms with Crippen LogP contribution in [0, 0.1) is 6.92 Å². The molecular weight excluding hydrogens is 516 g/mol. The van der Waals surface area contributed by atoms with Gasteiger partial charge in [-0.1, -0.05) is 18.2 Å². The number of fused-ring (bicyclic) bond motifs is 5. The minimum atomic E-state index is -0.251. The summed E-state index contributed by atoms with van der Waals surface area (Å²) in [4.78, 5) is 34.6. The molecule has 0 saturated carbocycles. The number of anilines is 2. The van der Waals surface area contributed by atoms with Gasteiger partial charge in [0, 0.05) is 57.3 Å². The topological polar surface area (TPSA) is 114 Å². The number of nitrogens with one attached hydrogen (secondary N) is 3. The Morgan fingerprint density at radius 3 is 2.64 bits per heavy atom. The Bertz CT molecular complexity index is 1920. The quantitative estimate of drug-likeness (QED) is 0.188. The number of furan rings is 1. The Hall–Kier alpha value is -4.69. The number of benzene rings is 3. The van der Waals surface area contributed by atoms with Crippen molar-refractivity contribution in [1.82, 2.24) is 9.97 Å². The lowest BCUT2D eigenvalue weighted by atomic mass is 9.97. The van der Waals surface area contributed by atoms with Crippen molar-refractivity contribution in [3.8, 4) is 5.75 Å². The smallest absolute Gasteiger partial charge is 0.274 e. The predicted octanol–water partition coefficient (Wildman–Crippen LogP) is 6.64. The van der Waals surface area contributed by atoms with Crippen LogP contribution in [0.1, 0.15) is 38.0 Å². The second-order valence-corrected chi connectivity index (χ2v) is 10.2. The Kier molecular flexibility index (Phi) is 5.21. The van der Waals surface area contributed by atoms with Crippen molar-refractivity contribution in [2.75, 3.05) is 22.6 Å². The van der Waals surface area contributed by atoms with E-state index in [4.69, 9.17) is 16.0 Å². The summed E-state index contributed by atoms with van der Waals surface area (Å²) in [5.74, 6) is -0.270.